The van der Waals surface area contributed by atoms with E-state index in [1.54, 1.807) is 0 Å². The van der Waals surface area contributed by atoms with Gasteiger partial charge in [-0.2, -0.15) is 8.42 Å². The molecule has 0 aromatic rings. The van der Waals surface area contributed by atoms with Gasteiger partial charge in [0.05, 0.1) is 12.3 Å². The summed E-state index contributed by atoms with van der Waals surface area (Å²) in [6.07, 6.45) is 0.525. The van der Waals surface area contributed by atoms with Gasteiger partial charge in [-0.15, -0.1) is 0 Å². The molecule has 0 aliphatic heterocycles. The first-order chi connectivity index (χ1) is 5.66. The Balaban J connectivity index is 4.10. The molecule has 80 valence electrons. The second-order valence-corrected chi connectivity index (χ2v) is 10.2. The van der Waals surface area contributed by atoms with Gasteiger partial charge in [0.2, 0.25) is 0 Å². The molecule has 0 saturated carbocycles. The average Bonchev–Trinajstić information content (AvgIpc) is 1.81. The van der Waals surface area contributed by atoms with Gasteiger partial charge in [0.25, 0.3) is 10.1 Å². The van der Waals surface area contributed by atoms with Gasteiger partial charge in [-0.3, -0.25) is 4.55 Å². The monoisotopic (exact) mass is 229 g/mol. The van der Waals surface area contributed by atoms with Gasteiger partial charge in [-0.1, -0.05) is 0 Å². The number of aliphatic hydroxyl groups excluding tert-OH is 1. The Hall–Kier alpha value is 0.300. The summed E-state index contributed by atoms with van der Waals surface area (Å²) in [5.41, 5.74) is 0. The summed E-state index contributed by atoms with van der Waals surface area (Å²) in [4.78, 5) is 0. The molecule has 0 aromatic carbocycles. The molecule has 1 unspecified atom stereocenters. The zero-order chi connectivity index (χ0) is 10.7. The highest BCUT2D eigenvalue weighted by atomic mass is 32.2. The molecule has 0 amide bonds. The SMILES string of the molecule is CC[P+](C)(C)CC(O)CS(=O)(=O)O. The molecule has 1 atom stereocenters. The number of aliphatic hydroxyl groups is 1. The van der Waals surface area contributed by atoms with Gasteiger partial charge in [0.15, 0.2) is 0 Å². The lowest BCUT2D eigenvalue weighted by atomic mass is 10.5. The zero-order valence-electron chi connectivity index (χ0n) is 8.27. The molecular formula is C7H18O4PS+. The van der Waals surface area contributed by atoms with Crippen LogP contribution in [0.4, 0.5) is 0 Å². The molecule has 0 bridgehead atoms. The smallest absolute Gasteiger partial charge is 0.267 e. The molecule has 0 radical (unpaired) electrons. The van der Waals surface area contributed by atoms with Crippen LogP contribution in [0.25, 0.3) is 0 Å². The van der Waals surface area contributed by atoms with Crippen LogP contribution in [0.5, 0.6) is 0 Å². The van der Waals surface area contributed by atoms with E-state index in [0.29, 0.717) is 6.16 Å². The highest BCUT2D eigenvalue weighted by Crippen LogP contribution is 2.50. The maximum atomic E-state index is 10.4. The van der Waals surface area contributed by atoms with E-state index in [-0.39, 0.29) is 0 Å². The van der Waals surface area contributed by atoms with E-state index in [2.05, 4.69) is 13.3 Å². The largest absolute Gasteiger partial charge is 0.388 e. The van der Waals surface area contributed by atoms with E-state index < -0.39 is 29.2 Å². The predicted octanol–water partition coefficient (Wildman–Crippen LogP) is 0.532. The van der Waals surface area contributed by atoms with Gasteiger partial charge < -0.3 is 5.11 Å². The van der Waals surface area contributed by atoms with Gasteiger partial charge in [-0.25, -0.2) is 0 Å². The molecule has 13 heavy (non-hydrogen) atoms. The molecule has 0 aliphatic carbocycles. The standard InChI is InChI=1S/C7H17O4PS/c1-4-12(2,3)5-7(8)6-13(9,10)11/h7-8H,4-6H2,1-3H3/p+1. The van der Waals surface area contributed by atoms with Gasteiger partial charge in [0.1, 0.15) is 11.9 Å². The van der Waals surface area contributed by atoms with Gasteiger partial charge in [-0.05, 0) is 6.92 Å². The number of hydrogen-bond donors (Lipinski definition) is 2. The Bertz CT molecular complexity index is 247. The first-order valence-corrected chi connectivity index (χ1v) is 8.78. The fourth-order valence-electron chi connectivity index (χ4n) is 0.995. The molecule has 0 saturated heterocycles. The van der Waals surface area contributed by atoms with Crippen LogP contribution >= 0.6 is 7.26 Å². The first kappa shape index (κ1) is 13.3. The summed E-state index contributed by atoms with van der Waals surface area (Å²) in [5, 5.41) is 9.34. The molecule has 0 heterocycles. The summed E-state index contributed by atoms with van der Waals surface area (Å²) in [6, 6.07) is 0. The molecule has 0 fully saturated rings. The minimum Gasteiger partial charge on any atom is -0.388 e. The second kappa shape index (κ2) is 4.69. The van der Waals surface area contributed by atoms with E-state index in [9.17, 15) is 13.5 Å². The summed E-state index contributed by atoms with van der Waals surface area (Å²) < 4.78 is 29.3. The molecule has 0 rings (SSSR count). The van der Waals surface area contributed by atoms with E-state index in [1.165, 1.54) is 0 Å². The van der Waals surface area contributed by atoms with Crippen molar-refractivity contribution in [2.45, 2.75) is 13.0 Å². The second-order valence-electron chi connectivity index (χ2n) is 3.84. The van der Waals surface area contributed by atoms with Crippen molar-refractivity contribution in [3.63, 3.8) is 0 Å². The molecule has 0 aromatic heterocycles. The highest BCUT2D eigenvalue weighted by molar-refractivity contribution is 7.85. The summed E-state index contributed by atoms with van der Waals surface area (Å²) in [5.74, 6) is -0.545. The van der Waals surface area contributed by atoms with Gasteiger partial charge in [0, 0.05) is 20.6 Å². The third-order valence-electron chi connectivity index (χ3n) is 1.96. The van der Waals surface area contributed by atoms with Crippen LogP contribution in [0.1, 0.15) is 6.92 Å². The Morgan fingerprint density at radius 1 is 1.38 bits per heavy atom. The lowest BCUT2D eigenvalue weighted by Crippen LogP contribution is -2.25. The Morgan fingerprint density at radius 2 is 1.85 bits per heavy atom. The lowest BCUT2D eigenvalue weighted by Gasteiger charge is -2.18. The van der Waals surface area contributed by atoms with E-state index in [0.717, 1.165) is 6.16 Å². The topological polar surface area (TPSA) is 74.6 Å². The van der Waals surface area contributed by atoms with Crippen molar-refractivity contribution in [2.75, 3.05) is 31.4 Å². The molecule has 4 nitrogen and oxygen atoms in total. The first-order valence-electron chi connectivity index (χ1n) is 4.11. The number of rotatable bonds is 5. The van der Waals surface area contributed by atoms with Crippen LogP contribution in [-0.2, 0) is 10.1 Å². The van der Waals surface area contributed by atoms with Crippen molar-refractivity contribution < 1.29 is 18.1 Å². The average molecular weight is 229 g/mol. The minimum atomic E-state index is -4.04. The molecular weight excluding hydrogens is 211 g/mol. The van der Waals surface area contributed by atoms with Crippen LogP contribution < -0.4 is 0 Å². The maximum absolute atomic E-state index is 10.4. The molecule has 2 N–H and O–H groups in total. The summed E-state index contributed by atoms with van der Waals surface area (Å²) in [6.45, 7) is 6.13. The van der Waals surface area contributed by atoms with Gasteiger partial charge >= 0.3 is 0 Å². The quantitative estimate of drug-likeness (QED) is 0.532. The number of hydrogen-bond acceptors (Lipinski definition) is 3. The zero-order valence-corrected chi connectivity index (χ0v) is 9.98. The third kappa shape index (κ3) is 7.38. The van der Waals surface area contributed by atoms with Crippen LogP contribution in [-0.4, -0.2) is 55.6 Å². The lowest BCUT2D eigenvalue weighted by molar-refractivity contribution is 0.218. The van der Waals surface area contributed by atoms with Crippen molar-refractivity contribution in [1.82, 2.24) is 0 Å². The Labute approximate surface area is 80.4 Å². The summed E-state index contributed by atoms with van der Waals surface area (Å²) in [7, 11) is -5.23. The van der Waals surface area contributed by atoms with E-state index in [1.807, 2.05) is 6.92 Å². The highest BCUT2D eigenvalue weighted by Gasteiger charge is 2.28. The fourth-order valence-corrected chi connectivity index (χ4v) is 3.30. The van der Waals surface area contributed by atoms with E-state index in [4.69, 9.17) is 4.55 Å². The maximum Gasteiger partial charge on any atom is 0.267 e. The van der Waals surface area contributed by atoms with Crippen LogP contribution in [0.2, 0.25) is 0 Å². The minimum absolute atomic E-state index is 0.489. The van der Waals surface area contributed by atoms with Crippen LogP contribution in [0.15, 0.2) is 0 Å². The fraction of sp³-hybridized carbons (Fsp3) is 1.00. The Kier molecular flexibility index (Phi) is 4.80. The molecule has 0 spiro atoms. The van der Waals surface area contributed by atoms with Crippen LogP contribution in [0.3, 0.4) is 0 Å². The summed E-state index contributed by atoms with van der Waals surface area (Å²) >= 11 is 0. The molecule has 6 heteroatoms. The van der Waals surface area contributed by atoms with E-state index >= 15 is 0 Å². The van der Waals surface area contributed by atoms with Crippen LogP contribution in [0, 0.1) is 0 Å². The van der Waals surface area contributed by atoms with Crippen molar-refractivity contribution >= 4 is 17.4 Å². The third-order valence-corrected chi connectivity index (χ3v) is 5.89. The van der Waals surface area contributed by atoms with Crippen molar-refractivity contribution in [3.05, 3.63) is 0 Å². The van der Waals surface area contributed by atoms with Crippen molar-refractivity contribution in [3.8, 4) is 0 Å². The van der Waals surface area contributed by atoms with Crippen molar-refractivity contribution in [1.29, 1.82) is 0 Å². The Morgan fingerprint density at radius 3 is 2.15 bits per heavy atom. The normalized spacial score (nSPS) is 15.8. The molecule has 0 aliphatic rings. The predicted molar refractivity (Wildman–Crippen MR) is 56.6 cm³/mol. The van der Waals surface area contributed by atoms with Crippen molar-refractivity contribution in [2.24, 2.45) is 0 Å².